The van der Waals surface area contributed by atoms with Crippen LogP contribution in [0.2, 0.25) is 5.02 Å². The summed E-state index contributed by atoms with van der Waals surface area (Å²) in [5.41, 5.74) is 0.905. The number of rotatable bonds is 8. The lowest BCUT2D eigenvalue weighted by Crippen LogP contribution is -2.25. The Morgan fingerprint density at radius 2 is 2.03 bits per heavy atom. The van der Waals surface area contributed by atoms with Gasteiger partial charge < -0.3 is 14.6 Å². The Labute approximate surface area is 235 Å². The molecule has 1 N–H and O–H groups in total. The molecule has 1 aromatic heterocycles. The third-order valence-corrected chi connectivity index (χ3v) is 8.15. The molecule has 3 aromatic rings. The molecule has 4 rings (SSSR count). The van der Waals surface area contributed by atoms with Crippen LogP contribution in [0.15, 0.2) is 43.1 Å². The zero-order valence-corrected chi connectivity index (χ0v) is 24.3. The molecule has 1 aliphatic carbocycles. The summed E-state index contributed by atoms with van der Waals surface area (Å²) >= 11 is 13.5. The number of aromatic nitrogens is 2. The number of hydrogen-bond acceptors (Lipinski definition) is 6. The second-order valence-electron chi connectivity index (χ2n) is 8.78. The van der Waals surface area contributed by atoms with Gasteiger partial charge in [-0.2, -0.15) is 9.78 Å². The number of halogens is 3. The molecule has 1 heterocycles. The van der Waals surface area contributed by atoms with Gasteiger partial charge in [-0.3, -0.25) is 4.79 Å². The molecular weight excluding hydrogens is 630 g/mol. The molecule has 1 saturated carbocycles. The van der Waals surface area contributed by atoms with Gasteiger partial charge in [-0.1, -0.05) is 46.8 Å². The van der Waals surface area contributed by atoms with Crippen LogP contribution in [0.5, 0.6) is 11.5 Å². The van der Waals surface area contributed by atoms with E-state index in [2.05, 4.69) is 37.0 Å². The topological polar surface area (TPSA) is 103 Å². The largest absolute Gasteiger partial charge is 0.490 e. The van der Waals surface area contributed by atoms with E-state index < -0.39 is 12.1 Å². The number of carboxylic acid groups (broad SMARTS) is 1. The van der Waals surface area contributed by atoms with E-state index in [1.54, 1.807) is 19.1 Å². The Morgan fingerprint density at radius 1 is 1.30 bits per heavy atom. The van der Waals surface area contributed by atoms with Crippen LogP contribution in [-0.4, -0.2) is 39.7 Å². The number of benzene rings is 2. The van der Waals surface area contributed by atoms with Gasteiger partial charge in [0, 0.05) is 20.4 Å². The van der Waals surface area contributed by atoms with E-state index in [0.717, 1.165) is 30.2 Å². The highest BCUT2D eigenvalue weighted by Crippen LogP contribution is 2.43. The SMILES string of the molecule is CCOc1cc(C=Nn2c(C3CCCCC3)nc3ccc(Br)cc3c2=O)c(Br)c(Cl)c1O[C@H](C)C(=O)O. The average Bonchev–Trinajstić information content (AvgIpc) is 2.89. The van der Waals surface area contributed by atoms with Crippen LogP contribution in [0.4, 0.5) is 0 Å². The highest BCUT2D eigenvalue weighted by Gasteiger charge is 2.24. The maximum absolute atomic E-state index is 13.6. The molecule has 0 aliphatic heterocycles. The van der Waals surface area contributed by atoms with Gasteiger partial charge in [-0.15, -0.1) is 0 Å². The summed E-state index contributed by atoms with van der Waals surface area (Å²) < 4.78 is 13.8. The van der Waals surface area contributed by atoms with Crippen molar-refractivity contribution in [2.75, 3.05) is 6.61 Å². The van der Waals surface area contributed by atoms with Gasteiger partial charge in [0.25, 0.3) is 5.56 Å². The van der Waals surface area contributed by atoms with Crippen molar-refractivity contribution in [1.29, 1.82) is 0 Å². The fourth-order valence-corrected chi connectivity index (χ4v) is 5.33. The first kappa shape index (κ1) is 27.6. The number of ether oxygens (including phenoxy) is 2. The van der Waals surface area contributed by atoms with Crippen LogP contribution < -0.4 is 15.0 Å². The summed E-state index contributed by atoms with van der Waals surface area (Å²) in [6.07, 6.45) is 5.61. The molecule has 1 atom stereocenters. The molecule has 0 radical (unpaired) electrons. The first-order valence-electron chi connectivity index (χ1n) is 12.0. The second kappa shape index (κ2) is 12.0. The van der Waals surface area contributed by atoms with Crippen LogP contribution in [-0.2, 0) is 4.79 Å². The first-order valence-corrected chi connectivity index (χ1v) is 14.0. The smallest absolute Gasteiger partial charge is 0.344 e. The standard InChI is InChI=1S/C26H26Br2ClN3O5/c1-3-36-20-11-16(21(28)22(29)23(20)37-14(2)26(34)35)13-30-32-24(15-7-5-4-6-8-15)31-19-10-9-17(27)12-18(19)25(32)33/h9-15H,3-8H2,1-2H3,(H,34,35)/t14-/m1/s1. The van der Waals surface area contributed by atoms with Gasteiger partial charge in [0.15, 0.2) is 17.6 Å². The van der Waals surface area contributed by atoms with E-state index in [4.69, 9.17) is 26.1 Å². The Bertz CT molecular complexity index is 1420. The molecule has 0 bridgehead atoms. The summed E-state index contributed by atoms with van der Waals surface area (Å²) in [6, 6.07) is 7.10. The van der Waals surface area contributed by atoms with Crippen molar-refractivity contribution in [2.24, 2.45) is 5.10 Å². The molecule has 0 amide bonds. The molecule has 0 saturated heterocycles. The fraction of sp³-hybridized carbons (Fsp3) is 0.385. The van der Waals surface area contributed by atoms with Gasteiger partial charge in [-0.25, -0.2) is 9.78 Å². The van der Waals surface area contributed by atoms with E-state index in [-0.39, 0.29) is 28.0 Å². The third kappa shape index (κ3) is 6.02. The molecule has 0 unspecified atom stereocenters. The van der Waals surface area contributed by atoms with Gasteiger partial charge >= 0.3 is 5.97 Å². The van der Waals surface area contributed by atoms with Crippen LogP contribution in [0.25, 0.3) is 10.9 Å². The highest BCUT2D eigenvalue weighted by molar-refractivity contribution is 9.10. The van der Waals surface area contributed by atoms with Gasteiger partial charge in [-0.05, 0) is 66.9 Å². The molecule has 1 aliphatic rings. The van der Waals surface area contributed by atoms with Crippen LogP contribution >= 0.6 is 43.5 Å². The quantitative estimate of drug-likeness (QED) is 0.269. The minimum atomic E-state index is -1.14. The van der Waals surface area contributed by atoms with Gasteiger partial charge in [0.1, 0.15) is 10.8 Å². The molecule has 1 fully saturated rings. The summed E-state index contributed by atoms with van der Waals surface area (Å²) in [5, 5.41) is 14.4. The Morgan fingerprint density at radius 3 is 2.70 bits per heavy atom. The van der Waals surface area contributed by atoms with Crippen molar-refractivity contribution < 1.29 is 19.4 Å². The third-order valence-electron chi connectivity index (χ3n) is 6.21. The Hall–Kier alpha value is -2.43. The van der Waals surface area contributed by atoms with Crippen LogP contribution in [0.3, 0.4) is 0 Å². The molecule has 0 spiro atoms. The minimum Gasteiger partial charge on any atom is -0.490 e. The summed E-state index contributed by atoms with van der Waals surface area (Å²) in [6.45, 7) is 3.51. The Kier molecular flexibility index (Phi) is 8.92. The maximum atomic E-state index is 13.6. The highest BCUT2D eigenvalue weighted by atomic mass is 79.9. The van der Waals surface area contributed by atoms with Crippen molar-refractivity contribution >= 4 is 66.5 Å². The zero-order chi connectivity index (χ0) is 26.7. The van der Waals surface area contributed by atoms with E-state index in [1.165, 1.54) is 24.2 Å². The second-order valence-corrected chi connectivity index (χ2v) is 10.9. The van der Waals surface area contributed by atoms with Crippen molar-refractivity contribution in [3.05, 3.63) is 60.0 Å². The van der Waals surface area contributed by atoms with Gasteiger partial charge in [0.2, 0.25) is 0 Å². The number of carbonyl (C=O) groups is 1. The maximum Gasteiger partial charge on any atom is 0.344 e. The van der Waals surface area contributed by atoms with E-state index in [0.29, 0.717) is 33.4 Å². The predicted molar refractivity (Wildman–Crippen MR) is 151 cm³/mol. The number of fused-ring (bicyclic) bond motifs is 1. The van der Waals surface area contributed by atoms with Crippen molar-refractivity contribution in [2.45, 2.75) is 58.0 Å². The number of nitrogens with zero attached hydrogens (tertiary/aromatic N) is 3. The van der Waals surface area contributed by atoms with Crippen molar-refractivity contribution in [3.8, 4) is 11.5 Å². The van der Waals surface area contributed by atoms with Crippen LogP contribution in [0.1, 0.15) is 63.3 Å². The summed E-state index contributed by atoms with van der Waals surface area (Å²) in [4.78, 5) is 29.8. The lowest BCUT2D eigenvalue weighted by Gasteiger charge is -2.23. The van der Waals surface area contributed by atoms with Gasteiger partial charge in [0.05, 0.1) is 23.7 Å². The molecule has 37 heavy (non-hydrogen) atoms. The summed E-state index contributed by atoms with van der Waals surface area (Å²) in [5.74, 6) is 0.0138. The predicted octanol–water partition coefficient (Wildman–Crippen LogP) is 6.76. The molecule has 8 nitrogen and oxygen atoms in total. The normalized spacial score (nSPS) is 15.3. The minimum absolute atomic E-state index is 0.111. The van der Waals surface area contributed by atoms with E-state index >= 15 is 0 Å². The lowest BCUT2D eigenvalue weighted by atomic mass is 9.88. The number of carboxylic acids is 1. The van der Waals surface area contributed by atoms with Crippen molar-refractivity contribution in [3.63, 3.8) is 0 Å². The fourth-order valence-electron chi connectivity index (χ4n) is 4.32. The number of aliphatic carboxylic acids is 1. The van der Waals surface area contributed by atoms with Crippen LogP contribution in [0, 0.1) is 0 Å². The van der Waals surface area contributed by atoms with Crippen molar-refractivity contribution in [1.82, 2.24) is 9.66 Å². The lowest BCUT2D eigenvalue weighted by molar-refractivity contribution is -0.144. The monoisotopic (exact) mass is 653 g/mol. The average molecular weight is 656 g/mol. The van der Waals surface area contributed by atoms with E-state index in [9.17, 15) is 14.7 Å². The molecule has 2 aromatic carbocycles. The Balaban J connectivity index is 1.83. The number of hydrogen-bond donors (Lipinski definition) is 1. The van der Waals surface area contributed by atoms with E-state index in [1.807, 2.05) is 12.1 Å². The zero-order valence-electron chi connectivity index (χ0n) is 20.3. The molecule has 196 valence electrons. The molecular formula is C26H26Br2ClN3O5. The first-order chi connectivity index (χ1) is 17.7. The summed E-state index contributed by atoms with van der Waals surface area (Å²) in [7, 11) is 0. The molecule has 11 heteroatoms.